The number of tetrazole rings is 1. The van der Waals surface area contributed by atoms with Crippen molar-refractivity contribution >= 4 is 11.9 Å². The SMILES string of the molecule is C=CCOc1ccc(C2C=C(C(=O)O)Nc3nnnn32)cc1. The molecule has 2 heterocycles. The highest BCUT2D eigenvalue weighted by atomic mass is 16.5. The van der Waals surface area contributed by atoms with Crippen molar-refractivity contribution in [3.05, 3.63) is 54.3 Å². The van der Waals surface area contributed by atoms with Gasteiger partial charge in [-0.25, -0.2) is 4.79 Å². The Morgan fingerprint density at radius 3 is 2.91 bits per heavy atom. The number of rotatable bonds is 5. The summed E-state index contributed by atoms with van der Waals surface area (Å²) < 4.78 is 6.94. The Morgan fingerprint density at radius 1 is 1.45 bits per heavy atom. The first kappa shape index (κ1) is 13.8. The molecular weight excluding hydrogens is 286 g/mol. The van der Waals surface area contributed by atoms with E-state index in [4.69, 9.17) is 9.84 Å². The van der Waals surface area contributed by atoms with Crippen molar-refractivity contribution in [3.8, 4) is 5.75 Å². The van der Waals surface area contributed by atoms with E-state index in [0.29, 0.717) is 12.4 Å². The lowest BCUT2D eigenvalue weighted by molar-refractivity contribution is -0.132. The number of benzene rings is 1. The van der Waals surface area contributed by atoms with Crippen LogP contribution in [-0.2, 0) is 4.79 Å². The third kappa shape index (κ3) is 2.53. The molecule has 0 spiro atoms. The molecule has 1 aliphatic rings. The Hall–Kier alpha value is -3.16. The molecule has 2 aromatic rings. The fraction of sp³-hybridized carbons (Fsp3) is 0.143. The van der Waals surface area contributed by atoms with Crippen LogP contribution in [0.5, 0.6) is 5.75 Å². The van der Waals surface area contributed by atoms with Gasteiger partial charge in [0.25, 0.3) is 0 Å². The zero-order chi connectivity index (χ0) is 15.5. The summed E-state index contributed by atoms with van der Waals surface area (Å²) in [5.41, 5.74) is 0.888. The number of aliphatic carboxylic acids is 1. The van der Waals surface area contributed by atoms with Crippen LogP contribution in [0, 0.1) is 0 Å². The van der Waals surface area contributed by atoms with Crippen LogP contribution in [0.25, 0.3) is 0 Å². The van der Waals surface area contributed by atoms with Gasteiger partial charge in [0.05, 0.1) is 0 Å². The van der Waals surface area contributed by atoms with Gasteiger partial charge in [-0.2, -0.15) is 4.68 Å². The van der Waals surface area contributed by atoms with Gasteiger partial charge in [-0.3, -0.25) is 0 Å². The predicted molar refractivity (Wildman–Crippen MR) is 77.4 cm³/mol. The Balaban J connectivity index is 1.93. The zero-order valence-corrected chi connectivity index (χ0v) is 11.5. The monoisotopic (exact) mass is 299 g/mol. The van der Waals surface area contributed by atoms with Gasteiger partial charge < -0.3 is 15.2 Å². The summed E-state index contributed by atoms with van der Waals surface area (Å²) in [7, 11) is 0. The van der Waals surface area contributed by atoms with Gasteiger partial charge in [-0.1, -0.05) is 29.9 Å². The molecule has 0 saturated carbocycles. The average Bonchev–Trinajstić information content (AvgIpc) is 3.01. The second kappa shape index (κ2) is 5.68. The lowest BCUT2D eigenvalue weighted by Crippen LogP contribution is -2.24. The van der Waals surface area contributed by atoms with Gasteiger partial charge in [0.15, 0.2) is 0 Å². The van der Waals surface area contributed by atoms with Crippen molar-refractivity contribution in [2.75, 3.05) is 11.9 Å². The van der Waals surface area contributed by atoms with E-state index >= 15 is 0 Å². The highest BCUT2D eigenvalue weighted by Crippen LogP contribution is 2.28. The van der Waals surface area contributed by atoms with Crippen molar-refractivity contribution in [2.24, 2.45) is 0 Å². The maximum absolute atomic E-state index is 11.2. The summed E-state index contributed by atoms with van der Waals surface area (Å²) in [6.07, 6.45) is 3.22. The smallest absolute Gasteiger partial charge is 0.352 e. The molecule has 1 aromatic carbocycles. The van der Waals surface area contributed by atoms with E-state index in [9.17, 15) is 4.79 Å². The van der Waals surface area contributed by atoms with Crippen LogP contribution in [0.3, 0.4) is 0 Å². The van der Waals surface area contributed by atoms with Crippen LogP contribution >= 0.6 is 0 Å². The number of allylic oxidation sites excluding steroid dienone is 1. The minimum absolute atomic E-state index is 0.0410. The molecule has 1 aliphatic heterocycles. The molecule has 1 unspecified atom stereocenters. The molecule has 1 atom stereocenters. The second-order valence-corrected chi connectivity index (χ2v) is 4.57. The molecule has 0 fully saturated rings. The van der Waals surface area contributed by atoms with Crippen LogP contribution in [-0.4, -0.2) is 37.9 Å². The van der Waals surface area contributed by atoms with Crippen molar-refractivity contribution in [2.45, 2.75) is 6.04 Å². The summed E-state index contributed by atoms with van der Waals surface area (Å²) in [6, 6.07) is 6.90. The van der Waals surface area contributed by atoms with Gasteiger partial charge in [-0.15, -0.1) is 0 Å². The fourth-order valence-electron chi connectivity index (χ4n) is 2.13. The Labute approximate surface area is 125 Å². The largest absolute Gasteiger partial charge is 0.490 e. The van der Waals surface area contributed by atoms with E-state index in [2.05, 4.69) is 27.4 Å². The number of fused-ring (bicyclic) bond motifs is 1. The van der Waals surface area contributed by atoms with Crippen LogP contribution < -0.4 is 10.1 Å². The Bertz CT molecular complexity index is 735. The predicted octanol–water partition coefficient (Wildman–Crippen LogP) is 1.22. The van der Waals surface area contributed by atoms with Crippen molar-refractivity contribution in [1.29, 1.82) is 0 Å². The lowest BCUT2D eigenvalue weighted by Gasteiger charge is -2.21. The molecule has 0 saturated heterocycles. The average molecular weight is 299 g/mol. The third-order valence-electron chi connectivity index (χ3n) is 3.15. The van der Waals surface area contributed by atoms with E-state index in [0.717, 1.165) is 5.56 Å². The highest BCUT2D eigenvalue weighted by Gasteiger charge is 2.26. The summed E-state index contributed by atoms with van der Waals surface area (Å²) in [4.78, 5) is 11.2. The fourth-order valence-corrected chi connectivity index (χ4v) is 2.13. The van der Waals surface area contributed by atoms with Crippen LogP contribution in [0.15, 0.2) is 48.7 Å². The first-order chi connectivity index (χ1) is 10.7. The Morgan fingerprint density at radius 2 is 2.23 bits per heavy atom. The molecule has 0 radical (unpaired) electrons. The van der Waals surface area contributed by atoms with Crippen LogP contribution in [0.4, 0.5) is 5.95 Å². The molecule has 1 aromatic heterocycles. The molecule has 2 N–H and O–H groups in total. The third-order valence-corrected chi connectivity index (χ3v) is 3.15. The number of nitrogens with one attached hydrogen (secondary N) is 1. The van der Waals surface area contributed by atoms with Crippen molar-refractivity contribution in [3.63, 3.8) is 0 Å². The number of carbonyl (C=O) groups is 1. The highest BCUT2D eigenvalue weighted by molar-refractivity contribution is 5.90. The molecule has 8 heteroatoms. The summed E-state index contributed by atoms with van der Waals surface area (Å²) in [5.74, 6) is -0.0703. The standard InChI is InChI=1S/C14H13N5O3/c1-2-7-22-10-5-3-9(4-6-10)12-8-11(13(20)21)15-14-16-17-18-19(12)14/h2-6,8,12H,1,7H2,(H,20,21)(H,15,16,18). The Kier molecular flexibility index (Phi) is 3.57. The molecule has 0 aliphatic carbocycles. The van der Waals surface area contributed by atoms with Gasteiger partial charge in [0.1, 0.15) is 24.1 Å². The molecule has 0 bridgehead atoms. The lowest BCUT2D eigenvalue weighted by atomic mass is 10.0. The number of hydrogen-bond acceptors (Lipinski definition) is 6. The first-order valence-corrected chi connectivity index (χ1v) is 6.52. The zero-order valence-electron chi connectivity index (χ0n) is 11.5. The number of carboxylic acids is 1. The molecule has 3 rings (SSSR count). The quantitative estimate of drug-likeness (QED) is 0.800. The van der Waals surface area contributed by atoms with Gasteiger partial charge in [0.2, 0.25) is 5.95 Å². The van der Waals surface area contributed by atoms with E-state index in [1.807, 2.05) is 12.1 Å². The minimum atomic E-state index is -1.06. The van der Waals surface area contributed by atoms with Gasteiger partial charge in [0, 0.05) is 0 Å². The topological polar surface area (TPSA) is 102 Å². The number of aromatic nitrogens is 4. The van der Waals surface area contributed by atoms with E-state index in [-0.39, 0.29) is 11.6 Å². The maximum Gasteiger partial charge on any atom is 0.352 e. The van der Waals surface area contributed by atoms with E-state index < -0.39 is 12.0 Å². The minimum Gasteiger partial charge on any atom is -0.490 e. The molecule has 0 amide bonds. The molecule has 22 heavy (non-hydrogen) atoms. The van der Waals surface area contributed by atoms with E-state index in [1.54, 1.807) is 24.3 Å². The normalized spacial score (nSPS) is 16.2. The van der Waals surface area contributed by atoms with Gasteiger partial charge in [-0.05, 0) is 34.2 Å². The number of anilines is 1. The van der Waals surface area contributed by atoms with E-state index in [1.165, 1.54) is 4.68 Å². The summed E-state index contributed by atoms with van der Waals surface area (Å²) in [6.45, 7) is 4.01. The molecular formula is C14H13N5O3. The number of ether oxygens (including phenoxy) is 1. The molecule has 8 nitrogen and oxygen atoms in total. The molecule has 112 valence electrons. The first-order valence-electron chi connectivity index (χ1n) is 6.52. The summed E-state index contributed by atoms with van der Waals surface area (Å²) in [5, 5.41) is 23.1. The number of nitrogens with zero attached hydrogens (tertiary/aromatic N) is 4. The van der Waals surface area contributed by atoms with Crippen molar-refractivity contribution < 1.29 is 14.6 Å². The summed E-state index contributed by atoms with van der Waals surface area (Å²) >= 11 is 0. The number of carboxylic acid groups (broad SMARTS) is 1. The second-order valence-electron chi connectivity index (χ2n) is 4.57. The number of hydrogen-bond donors (Lipinski definition) is 2. The van der Waals surface area contributed by atoms with Crippen LogP contribution in [0.2, 0.25) is 0 Å². The van der Waals surface area contributed by atoms with Gasteiger partial charge >= 0.3 is 5.97 Å². The van der Waals surface area contributed by atoms with Crippen molar-refractivity contribution in [1.82, 2.24) is 20.2 Å². The van der Waals surface area contributed by atoms with Crippen LogP contribution in [0.1, 0.15) is 11.6 Å². The maximum atomic E-state index is 11.2.